The van der Waals surface area contributed by atoms with Crippen LogP contribution in [0.1, 0.15) is 13.3 Å². The zero-order valence-corrected chi connectivity index (χ0v) is 13.9. The van der Waals surface area contributed by atoms with Crippen molar-refractivity contribution in [1.29, 1.82) is 0 Å². The summed E-state index contributed by atoms with van der Waals surface area (Å²) in [4.78, 5) is 20.2. The van der Waals surface area contributed by atoms with Gasteiger partial charge >= 0.3 is 0 Å². The normalized spacial score (nSPS) is 18.1. The molecule has 2 N–H and O–H groups in total. The quantitative estimate of drug-likeness (QED) is 0.773. The molecule has 23 heavy (non-hydrogen) atoms. The van der Waals surface area contributed by atoms with E-state index in [9.17, 15) is 15.0 Å². The topological polar surface area (TPSA) is 86.1 Å². The molecule has 0 spiro atoms. The van der Waals surface area contributed by atoms with Crippen molar-refractivity contribution in [2.75, 3.05) is 45.3 Å². The van der Waals surface area contributed by atoms with Crippen LogP contribution in [0, 0.1) is 5.41 Å². The van der Waals surface area contributed by atoms with Crippen LogP contribution in [0.15, 0.2) is 18.3 Å². The molecule has 0 aliphatic carbocycles. The van der Waals surface area contributed by atoms with Crippen molar-refractivity contribution in [2.45, 2.75) is 19.4 Å². The van der Waals surface area contributed by atoms with E-state index in [-0.39, 0.29) is 25.2 Å². The van der Waals surface area contributed by atoms with Gasteiger partial charge in [0.05, 0.1) is 25.2 Å². The minimum absolute atomic E-state index is 0.122. The summed E-state index contributed by atoms with van der Waals surface area (Å²) in [6.07, 6.45) is 2.30. The molecule has 1 aromatic rings. The smallest absolute Gasteiger partial charge is 0.233 e. The van der Waals surface area contributed by atoms with Crippen molar-refractivity contribution in [1.82, 2.24) is 9.88 Å². The number of pyridine rings is 1. The van der Waals surface area contributed by atoms with Gasteiger partial charge in [-0.2, -0.15) is 0 Å². The number of rotatable bonds is 6. The van der Waals surface area contributed by atoms with Crippen LogP contribution >= 0.6 is 0 Å². The molecule has 1 aliphatic heterocycles. The highest BCUT2D eigenvalue weighted by atomic mass is 16.5. The van der Waals surface area contributed by atoms with Gasteiger partial charge in [0.2, 0.25) is 5.91 Å². The lowest BCUT2D eigenvalue weighted by Gasteiger charge is -2.29. The van der Waals surface area contributed by atoms with Crippen LogP contribution in [-0.4, -0.2) is 72.5 Å². The van der Waals surface area contributed by atoms with Gasteiger partial charge in [0.15, 0.2) is 11.6 Å². The molecule has 1 aromatic heterocycles. The fourth-order valence-electron chi connectivity index (χ4n) is 2.57. The monoisotopic (exact) mass is 323 g/mol. The summed E-state index contributed by atoms with van der Waals surface area (Å²) in [5.41, 5.74) is -1.14. The molecule has 1 atom stereocenters. The van der Waals surface area contributed by atoms with E-state index in [2.05, 4.69) is 4.98 Å². The number of hydrogen-bond acceptors (Lipinski definition) is 6. The molecule has 7 heteroatoms. The van der Waals surface area contributed by atoms with Gasteiger partial charge < -0.3 is 24.7 Å². The first-order chi connectivity index (χ1) is 10.9. The summed E-state index contributed by atoms with van der Waals surface area (Å²) >= 11 is 0. The molecule has 1 aliphatic rings. The fraction of sp³-hybridized carbons (Fsp3) is 0.625. The molecule has 0 radical (unpaired) electrons. The van der Waals surface area contributed by atoms with E-state index in [1.807, 2.05) is 31.1 Å². The van der Waals surface area contributed by atoms with E-state index in [4.69, 9.17) is 4.74 Å². The van der Waals surface area contributed by atoms with Crippen molar-refractivity contribution < 1.29 is 19.7 Å². The standard InChI is InChI=1S/C16H25N3O4/c1-16(10-20,11-21)15(22)19-8-6-12(9-19)23-13-5-4-7-17-14(13)18(2)3/h4-5,7,12,20-21H,6,8-11H2,1-3H3/t12-/m1/s1. The van der Waals surface area contributed by atoms with Gasteiger partial charge in [0, 0.05) is 33.3 Å². The third-order valence-corrected chi connectivity index (χ3v) is 4.11. The van der Waals surface area contributed by atoms with E-state index in [1.54, 1.807) is 18.0 Å². The molecule has 0 saturated carbocycles. The van der Waals surface area contributed by atoms with Crippen LogP contribution in [0.3, 0.4) is 0 Å². The van der Waals surface area contributed by atoms with Crippen molar-refractivity contribution in [3.05, 3.63) is 18.3 Å². The van der Waals surface area contributed by atoms with Crippen molar-refractivity contribution in [2.24, 2.45) is 5.41 Å². The first kappa shape index (κ1) is 17.5. The molecule has 2 heterocycles. The van der Waals surface area contributed by atoms with E-state index >= 15 is 0 Å². The lowest BCUT2D eigenvalue weighted by atomic mass is 9.91. The second-order valence-corrected chi connectivity index (χ2v) is 6.38. The maximum Gasteiger partial charge on any atom is 0.233 e. The number of carbonyl (C=O) groups excluding carboxylic acids is 1. The van der Waals surface area contributed by atoms with Crippen molar-refractivity contribution >= 4 is 11.7 Å². The third kappa shape index (κ3) is 3.73. The number of anilines is 1. The van der Waals surface area contributed by atoms with E-state index in [0.29, 0.717) is 25.3 Å². The van der Waals surface area contributed by atoms with Gasteiger partial charge in [-0.15, -0.1) is 0 Å². The predicted octanol–water partition coefficient (Wildman–Crippen LogP) is 0.118. The van der Waals surface area contributed by atoms with Gasteiger partial charge in [-0.05, 0) is 19.1 Å². The number of aliphatic hydroxyl groups is 2. The van der Waals surface area contributed by atoms with E-state index < -0.39 is 5.41 Å². The summed E-state index contributed by atoms with van der Waals surface area (Å²) < 4.78 is 6.01. The summed E-state index contributed by atoms with van der Waals surface area (Å²) in [7, 11) is 3.79. The van der Waals surface area contributed by atoms with Crippen LogP contribution in [0.25, 0.3) is 0 Å². The summed E-state index contributed by atoms with van der Waals surface area (Å²) in [5.74, 6) is 1.18. The molecule has 1 amide bonds. The number of ether oxygens (including phenoxy) is 1. The van der Waals surface area contributed by atoms with Gasteiger partial charge in [0.1, 0.15) is 6.10 Å². The molecule has 0 unspecified atom stereocenters. The molecule has 0 aromatic carbocycles. The number of carbonyl (C=O) groups is 1. The van der Waals surface area contributed by atoms with Crippen molar-refractivity contribution in [3.8, 4) is 5.75 Å². The first-order valence-electron chi connectivity index (χ1n) is 7.71. The van der Waals surface area contributed by atoms with Crippen LogP contribution in [0.5, 0.6) is 5.75 Å². The highest BCUT2D eigenvalue weighted by molar-refractivity contribution is 5.83. The molecule has 7 nitrogen and oxygen atoms in total. The first-order valence-corrected chi connectivity index (χ1v) is 7.71. The Morgan fingerprint density at radius 3 is 2.78 bits per heavy atom. The Labute approximate surface area is 136 Å². The number of likely N-dealkylation sites (tertiary alicyclic amines) is 1. The molecular weight excluding hydrogens is 298 g/mol. The zero-order valence-electron chi connectivity index (χ0n) is 13.9. The largest absolute Gasteiger partial charge is 0.485 e. The molecule has 1 fully saturated rings. The zero-order chi connectivity index (χ0) is 17.0. The molecular formula is C16H25N3O4. The number of aromatic nitrogens is 1. The fourth-order valence-corrected chi connectivity index (χ4v) is 2.57. The van der Waals surface area contributed by atoms with Gasteiger partial charge in [-0.25, -0.2) is 4.98 Å². The molecule has 0 bridgehead atoms. The lowest BCUT2D eigenvalue weighted by Crippen LogP contribution is -2.46. The Bertz CT molecular complexity index is 546. The maximum atomic E-state index is 12.4. The Kier molecular flexibility index (Phi) is 5.43. The van der Waals surface area contributed by atoms with Crippen LogP contribution in [0.4, 0.5) is 5.82 Å². The van der Waals surface area contributed by atoms with Crippen LogP contribution in [-0.2, 0) is 4.79 Å². The van der Waals surface area contributed by atoms with Crippen LogP contribution < -0.4 is 9.64 Å². The van der Waals surface area contributed by atoms with Gasteiger partial charge in [-0.1, -0.05) is 0 Å². The SMILES string of the molecule is CN(C)c1ncccc1O[C@@H]1CCN(C(=O)C(C)(CO)CO)C1. The highest BCUT2D eigenvalue weighted by Gasteiger charge is 2.39. The third-order valence-electron chi connectivity index (χ3n) is 4.11. The number of hydrogen-bond donors (Lipinski definition) is 2. The lowest BCUT2D eigenvalue weighted by molar-refractivity contribution is -0.145. The van der Waals surface area contributed by atoms with E-state index in [1.165, 1.54) is 0 Å². The highest BCUT2D eigenvalue weighted by Crippen LogP contribution is 2.28. The van der Waals surface area contributed by atoms with Gasteiger partial charge in [0.25, 0.3) is 0 Å². The minimum Gasteiger partial charge on any atom is -0.485 e. The minimum atomic E-state index is -1.14. The predicted molar refractivity (Wildman–Crippen MR) is 86.5 cm³/mol. The van der Waals surface area contributed by atoms with E-state index in [0.717, 1.165) is 5.82 Å². The number of amides is 1. The number of aliphatic hydroxyl groups excluding tert-OH is 2. The van der Waals surface area contributed by atoms with Gasteiger partial charge in [-0.3, -0.25) is 4.79 Å². The molecule has 2 rings (SSSR count). The Hall–Kier alpha value is -1.86. The average molecular weight is 323 g/mol. The summed E-state index contributed by atoms with van der Waals surface area (Å²) in [5, 5.41) is 18.7. The second kappa shape index (κ2) is 7.14. The Morgan fingerprint density at radius 2 is 2.17 bits per heavy atom. The Morgan fingerprint density at radius 1 is 1.48 bits per heavy atom. The average Bonchev–Trinajstić information content (AvgIpc) is 3.02. The molecule has 1 saturated heterocycles. The summed E-state index contributed by atoms with van der Waals surface area (Å²) in [6, 6.07) is 3.67. The van der Waals surface area contributed by atoms with Crippen LogP contribution in [0.2, 0.25) is 0 Å². The molecule has 128 valence electrons. The number of nitrogens with zero attached hydrogens (tertiary/aromatic N) is 3. The Balaban J connectivity index is 2.03. The summed E-state index contributed by atoms with van der Waals surface area (Å²) in [6.45, 7) is 1.80. The second-order valence-electron chi connectivity index (χ2n) is 6.38. The maximum absolute atomic E-state index is 12.4. The van der Waals surface area contributed by atoms with Crippen molar-refractivity contribution in [3.63, 3.8) is 0 Å².